The number of benzene rings is 1. The van der Waals surface area contributed by atoms with E-state index in [2.05, 4.69) is 10.1 Å². The van der Waals surface area contributed by atoms with Crippen LogP contribution < -0.4 is 5.32 Å². The van der Waals surface area contributed by atoms with Crippen LogP contribution in [0.5, 0.6) is 0 Å². The molecule has 18 heavy (non-hydrogen) atoms. The zero-order valence-corrected chi connectivity index (χ0v) is 11.2. The van der Waals surface area contributed by atoms with Gasteiger partial charge in [-0.2, -0.15) is 0 Å². The van der Waals surface area contributed by atoms with Crippen LogP contribution in [0, 0.1) is 0 Å². The fourth-order valence-corrected chi connectivity index (χ4v) is 1.81. The van der Waals surface area contributed by atoms with Gasteiger partial charge < -0.3 is 10.1 Å². The molecule has 0 aromatic heterocycles. The van der Waals surface area contributed by atoms with Crippen LogP contribution in [0.4, 0.5) is 0 Å². The monoisotopic (exact) mass is 269 g/mol. The number of carbonyl (C=O) groups excluding carboxylic acids is 2. The quantitative estimate of drug-likeness (QED) is 0.836. The zero-order valence-electron chi connectivity index (χ0n) is 10.4. The second-order valence-corrected chi connectivity index (χ2v) is 4.18. The summed E-state index contributed by atoms with van der Waals surface area (Å²) in [5, 5.41) is 3.28. The Bertz CT molecular complexity index is 416. The Morgan fingerprint density at radius 1 is 1.39 bits per heavy atom. The van der Waals surface area contributed by atoms with Crippen LogP contribution in [-0.2, 0) is 14.3 Å². The Morgan fingerprint density at radius 3 is 2.61 bits per heavy atom. The van der Waals surface area contributed by atoms with Gasteiger partial charge in [-0.05, 0) is 11.6 Å². The number of rotatable bonds is 5. The lowest BCUT2D eigenvalue weighted by atomic mass is 10.0. The lowest BCUT2D eigenvalue weighted by Gasteiger charge is -2.19. The van der Waals surface area contributed by atoms with E-state index in [-0.39, 0.29) is 12.3 Å². The average molecular weight is 270 g/mol. The number of hydrogen-bond acceptors (Lipinski definition) is 3. The van der Waals surface area contributed by atoms with E-state index in [1.54, 1.807) is 25.1 Å². The van der Waals surface area contributed by atoms with Gasteiger partial charge >= 0.3 is 5.97 Å². The van der Waals surface area contributed by atoms with Crippen LogP contribution in [0.15, 0.2) is 24.3 Å². The summed E-state index contributed by atoms with van der Waals surface area (Å²) in [6.45, 7) is 1.75. The third-order valence-electron chi connectivity index (χ3n) is 2.54. The number of carbonyl (C=O) groups is 2. The predicted molar refractivity (Wildman–Crippen MR) is 69.3 cm³/mol. The fraction of sp³-hybridized carbons (Fsp3) is 0.385. The molecule has 0 saturated carbocycles. The fourth-order valence-electron chi connectivity index (χ4n) is 1.54. The topological polar surface area (TPSA) is 55.4 Å². The van der Waals surface area contributed by atoms with Gasteiger partial charge in [0.2, 0.25) is 5.91 Å². The lowest BCUT2D eigenvalue weighted by Crippen LogP contribution is -2.30. The second-order valence-electron chi connectivity index (χ2n) is 3.78. The van der Waals surface area contributed by atoms with E-state index in [1.165, 1.54) is 7.11 Å². The highest BCUT2D eigenvalue weighted by Gasteiger charge is 2.20. The molecule has 0 fully saturated rings. The summed E-state index contributed by atoms with van der Waals surface area (Å²) < 4.78 is 4.62. The summed E-state index contributed by atoms with van der Waals surface area (Å²) >= 11 is 6.07. The van der Waals surface area contributed by atoms with Crippen molar-refractivity contribution in [2.45, 2.75) is 25.8 Å². The Hall–Kier alpha value is -1.55. The highest BCUT2D eigenvalue weighted by molar-refractivity contribution is 6.31. The van der Waals surface area contributed by atoms with E-state index < -0.39 is 12.0 Å². The third-order valence-corrected chi connectivity index (χ3v) is 2.88. The van der Waals surface area contributed by atoms with Crippen molar-refractivity contribution in [1.82, 2.24) is 5.32 Å². The van der Waals surface area contributed by atoms with Crippen molar-refractivity contribution in [3.8, 4) is 0 Å². The van der Waals surface area contributed by atoms with Crippen molar-refractivity contribution in [2.24, 2.45) is 0 Å². The summed E-state index contributed by atoms with van der Waals surface area (Å²) in [4.78, 5) is 22.8. The minimum atomic E-state index is -0.460. The minimum absolute atomic E-state index is 0.0615. The highest BCUT2D eigenvalue weighted by atomic mass is 35.5. The van der Waals surface area contributed by atoms with Gasteiger partial charge in [0.25, 0.3) is 0 Å². The number of esters is 1. The molecule has 0 aliphatic carbocycles. The van der Waals surface area contributed by atoms with Gasteiger partial charge in [-0.15, -0.1) is 0 Å². The first kappa shape index (κ1) is 14.5. The first-order valence-electron chi connectivity index (χ1n) is 5.69. The van der Waals surface area contributed by atoms with Gasteiger partial charge in [0.05, 0.1) is 19.6 Å². The normalized spacial score (nSPS) is 11.7. The highest BCUT2D eigenvalue weighted by Crippen LogP contribution is 2.25. The first-order valence-corrected chi connectivity index (χ1v) is 6.06. The number of amides is 1. The van der Waals surface area contributed by atoms with Crippen molar-refractivity contribution in [2.75, 3.05) is 7.11 Å². The van der Waals surface area contributed by atoms with Crippen LogP contribution in [0.1, 0.15) is 31.4 Å². The van der Waals surface area contributed by atoms with Crippen LogP contribution in [0.25, 0.3) is 0 Å². The molecule has 1 unspecified atom stereocenters. The van der Waals surface area contributed by atoms with E-state index in [9.17, 15) is 9.59 Å². The van der Waals surface area contributed by atoms with E-state index in [0.29, 0.717) is 17.0 Å². The molecule has 0 radical (unpaired) electrons. The Balaban J connectivity index is 2.93. The number of methoxy groups -OCH3 is 1. The van der Waals surface area contributed by atoms with E-state index in [0.717, 1.165) is 0 Å². The second kappa shape index (κ2) is 7.01. The molecule has 4 nitrogen and oxygen atoms in total. The molecule has 0 aliphatic heterocycles. The first-order chi connectivity index (χ1) is 8.58. The molecule has 1 rings (SSSR count). The largest absolute Gasteiger partial charge is 0.469 e. The molecule has 1 amide bonds. The van der Waals surface area contributed by atoms with Gasteiger partial charge in [0.1, 0.15) is 0 Å². The lowest BCUT2D eigenvalue weighted by molar-refractivity contribution is -0.141. The summed E-state index contributed by atoms with van der Waals surface area (Å²) in [5.74, 6) is -0.528. The van der Waals surface area contributed by atoms with Gasteiger partial charge in [-0.3, -0.25) is 9.59 Å². The number of hydrogen-bond donors (Lipinski definition) is 1. The molecule has 0 bridgehead atoms. The van der Waals surface area contributed by atoms with E-state index in [1.807, 2.05) is 6.07 Å². The third kappa shape index (κ3) is 4.04. The van der Waals surface area contributed by atoms with Gasteiger partial charge in [0, 0.05) is 11.4 Å². The van der Waals surface area contributed by atoms with Gasteiger partial charge in [0.15, 0.2) is 0 Å². The molecule has 1 N–H and O–H groups in total. The van der Waals surface area contributed by atoms with Gasteiger partial charge in [-0.25, -0.2) is 0 Å². The Kier molecular flexibility index (Phi) is 5.65. The SMILES string of the molecule is CCC(=O)NC(CC(=O)OC)c1ccccc1Cl. The smallest absolute Gasteiger partial charge is 0.307 e. The summed E-state index contributed by atoms with van der Waals surface area (Å²) in [5.41, 5.74) is 0.714. The average Bonchev–Trinajstić information content (AvgIpc) is 2.38. The molecule has 0 spiro atoms. The summed E-state index contributed by atoms with van der Waals surface area (Å²) in [6, 6.07) is 6.65. The molecule has 98 valence electrons. The molecule has 1 aromatic rings. The molecule has 5 heteroatoms. The number of halogens is 1. The van der Waals surface area contributed by atoms with Crippen molar-refractivity contribution in [3.05, 3.63) is 34.9 Å². The standard InChI is InChI=1S/C13H16ClNO3/c1-3-12(16)15-11(8-13(17)18-2)9-6-4-5-7-10(9)14/h4-7,11H,3,8H2,1-2H3,(H,15,16). The van der Waals surface area contributed by atoms with Crippen LogP contribution in [-0.4, -0.2) is 19.0 Å². The molecule has 0 aliphatic rings. The number of ether oxygens (including phenoxy) is 1. The van der Waals surface area contributed by atoms with E-state index in [4.69, 9.17) is 11.6 Å². The molecule has 0 saturated heterocycles. The zero-order chi connectivity index (χ0) is 13.5. The molecule has 1 atom stereocenters. The molecule has 0 heterocycles. The minimum Gasteiger partial charge on any atom is -0.469 e. The van der Waals surface area contributed by atoms with Crippen molar-refractivity contribution >= 4 is 23.5 Å². The van der Waals surface area contributed by atoms with E-state index >= 15 is 0 Å². The number of nitrogens with one attached hydrogen (secondary N) is 1. The Morgan fingerprint density at radius 2 is 2.06 bits per heavy atom. The Labute approximate surface area is 111 Å². The van der Waals surface area contributed by atoms with Gasteiger partial charge in [-0.1, -0.05) is 36.7 Å². The summed E-state index contributed by atoms with van der Waals surface area (Å²) in [6.07, 6.45) is 0.411. The van der Waals surface area contributed by atoms with Crippen LogP contribution >= 0.6 is 11.6 Å². The molecular formula is C13H16ClNO3. The van der Waals surface area contributed by atoms with Crippen molar-refractivity contribution in [3.63, 3.8) is 0 Å². The van der Waals surface area contributed by atoms with Crippen LogP contribution in [0.2, 0.25) is 5.02 Å². The maximum absolute atomic E-state index is 11.5. The summed E-state index contributed by atoms with van der Waals surface area (Å²) in [7, 11) is 1.31. The van der Waals surface area contributed by atoms with Crippen molar-refractivity contribution in [1.29, 1.82) is 0 Å². The molecular weight excluding hydrogens is 254 g/mol. The maximum Gasteiger partial charge on any atom is 0.307 e. The predicted octanol–water partition coefficient (Wildman–Crippen LogP) is 2.47. The van der Waals surface area contributed by atoms with Crippen LogP contribution in [0.3, 0.4) is 0 Å². The van der Waals surface area contributed by atoms with Crippen molar-refractivity contribution < 1.29 is 14.3 Å². The molecule has 1 aromatic carbocycles. The maximum atomic E-state index is 11.5.